The summed E-state index contributed by atoms with van der Waals surface area (Å²) in [6.45, 7) is 0.368. The van der Waals surface area contributed by atoms with Gasteiger partial charge in [0.25, 0.3) is 0 Å². The van der Waals surface area contributed by atoms with E-state index < -0.39 is 22.2 Å². The smallest absolute Gasteiger partial charge is 0.243 e. The summed E-state index contributed by atoms with van der Waals surface area (Å²) in [5.74, 6) is 0.294. The highest BCUT2D eigenvalue weighted by Crippen LogP contribution is 2.28. The Labute approximate surface area is 162 Å². The number of carbonyl (C=O) groups is 1. The highest BCUT2D eigenvalue weighted by molar-refractivity contribution is 7.89. The average molecular weight is 394 g/mol. The summed E-state index contributed by atoms with van der Waals surface area (Å²) < 4.78 is 27.4. The lowest BCUT2D eigenvalue weighted by atomic mass is 9.86. The van der Waals surface area contributed by atoms with Crippen molar-refractivity contribution in [3.8, 4) is 0 Å². The molecular formula is C20H31N3O3S. The summed E-state index contributed by atoms with van der Waals surface area (Å²) in [7, 11) is -3.69. The van der Waals surface area contributed by atoms with E-state index >= 15 is 0 Å². The Bertz CT molecular complexity index is 717. The number of nitrogens with one attached hydrogen (secondary N) is 1. The maximum Gasteiger partial charge on any atom is 0.243 e. The number of nitrogens with two attached hydrogens (primary N) is 1. The van der Waals surface area contributed by atoms with Gasteiger partial charge < -0.3 is 11.1 Å². The second-order valence-electron chi connectivity index (χ2n) is 7.80. The Morgan fingerprint density at radius 1 is 1.07 bits per heavy atom. The summed E-state index contributed by atoms with van der Waals surface area (Å²) in [6.07, 6.45) is 8.59. The summed E-state index contributed by atoms with van der Waals surface area (Å²) >= 11 is 0. The topological polar surface area (TPSA) is 92.5 Å². The molecule has 1 heterocycles. The molecule has 2 atom stereocenters. The van der Waals surface area contributed by atoms with E-state index in [1.807, 2.05) is 0 Å². The Kier molecular flexibility index (Phi) is 6.89. The molecule has 2 fully saturated rings. The van der Waals surface area contributed by atoms with Gasteiger partial charge in [-0.2, -0.15) is 4.31 Å². The third kappa shape index (κ3) is 5.09. The van der Waals surface area contributed by atoms with Gasteiger partial charge in [0, 0.05) is 6.54 Å². The minimum Gasteiger partial charge on any atom is -0.340 e. The van der Waals surface area contributed by atoms with Crippen LogP contribution in [0.25, 0.3) is 0 Å². The quantitative estimate of drug-likeness (QED) is 0.727. The number of rotatable bonds is 6. The van der Waals surface area contributed by atoms with Crippen molar-refractivity contribution in [2.75, 3.05) is 6.54 Å². The number of amides is 1. The molecule has 1 aromatic carbocycles. The van der Waals surface area contributed by atoms with Crippen LogP contribution in [0.15, 0.2) is 35.2 Å². The third-order valence-corrected chi connectivity index (χ3v) is 7.67. The lowest BCUT2D eigenvalue weighted by Gasteiger charge is -2.34. The average Bonchev–Trinajstić information content (AvgIpc) is 2.69. The Hall–Kier alpha value is -1.44. The third-order valence-electron chi connectivity index (χ3n) is 5.75. The fraction of sp³-hybridized carbons (Fsp3) is 0.650. The van der Waals surface area contributed by atoms with E-state index in [0.29, 0.717) is 18.9 Å². The van der Waals surface area contributed by atoms with Gasteiger partial charge in [0.2, 0.25) is 15.9 Å². The summed E-state index contributed by atoms with van der Waals surface area (Å²) in [4.78, 5) is 13.1. The number of hydrogen-bond acceptors (Lipinski definition) is 4. The van der Waals surface area contributed by atoms with Crippen LogP contribution in [0.3, 0.4) is 0 Å². The van der Waals surface area contributed by atoms with Crippen LogP contribution in [0.2, 0.25) is 0 Å². The minimum absolute atomic E-state index is 0.233. The lowest BCUT2D eigenvalue weighted by molar-refractivity contribution is -0.126. The summed E-state index contributed by atoms with van der Waals surface area (Å²) in [5, 5.41) is 2.88. The van der Waals surface area contributed by atoms with Crippen molar-refractivity contribution >= 4 is 15.9 Å². The molecule has 1 aliphatic heterocycles. The van der Waals surface area contributed by atoms with Gasteiger partial charge in [-0.25, -0.2) is 8.42 Å². The van der Waals surface area contributed by atoms with Gasteiger partial charge in [0.1, 0.15) is 6.04 Å². The van der Waals surface area contributed by atoms with Crippen LogP contribution in [0.5, 0.6) is 0 Å². The molecule has 7 heteroatoms. The van der Waals surface area contributed by atoms with Gasteiger partial charge in [-0.3, -0.25) is 4.79 Å². The Morgan fingerprint density at radius 3 is 2.44 bits per heavy atom. The van der Waals surface area contributed by atoms with Crippen molar-refractivity contribution in [2.24, 2.45) is 11.7 Å². The van der Waals surface area contributed by atoms with Crippen molar-refractivity contribution in [1.29, 1.82) is 0 Å². The van der Waals surface area contributed by atoms with Crippen LogP contribution in [0.4, 0.5) is 0 Å². The largest absolute Gasteiger partial charge is 0.340 e. The van der Waals surface area contributed by atoms with Gasteiger partial charge in [-0.05, 0) is 37.3 Å². The fourth-order valence-electron chi connectivity index (χ4n) is 4.30. The van der Waals surface area contributed by atoms with E-state index in [1.165, 1.54) is 36.4 Å². The second kappa shape index (κ2) is 9.17. The summed E-state index contributed by atoms with van der Waals surface area (Å²) in [6, 6.07) is 7.66. The van der Waals surface area contributed by atoms with Crippen LogP contribution in [-0.2, 0) is 14.8 Å². The molecule has 0 aromatic heterocycles. The molecule has 1 aromatic rings. The van der Waals surface area contributed by atoms with Crippen LogP contribution < -0.4 is 11.1 Å². The first-order valence-corrected chi connectivity index (χ1v) is 11.6. The van der Waals surface area contributed by atoms with Crippen molar-refractivity contribution in [3.05, 3.63) is 30.3 Å². The van der Waals surface area contributed by atoms with Crippen LogP contribution in [0, 0.1) is 5.92 Å². The van der Waals surface area contributed by atoms with Gasteiger partial charge in [0.15, 0.2) is 0 Å². The van der Waals surface area contributed by atoms with E-state index in [9.17, 15) is 13.2 Å². The van der Waals surface area contributed by atoms with E-state index in [0.717, 1.165) is 19.3 Å². The molecule has 1 saturated heterocycles. The fourth-order valence-corrected chi connectivity index (χ4v) is 5.98. The van der Waals surface area contributed by atoms with E-state index in [-0.39, 0.29) is 10.8 Å². The first-order valence-electron chi connectivity index (χ1n) is 10.1. The normalized spacial score (nSPS) is 23.7. The van der Waals surface area contributed by atoms with E-state index in [1.54, 1.807) is 30.3 Å². The predicted octanol–water partition coefficient (Wildman–Crippen LogP) is 2.60. The molecule has 27 heavy (non-hydrogen) atoms. The van der Waals surface area contributed by atoms with Gasteiger partial charge in [0.05, 0.1) is 11.1 Å². The summed E-state index contributed by atoms with van der Waals surface area (Å²) in [5.41, 5.74) is 6.18. The van der Waals surface area contributed by atoms with Crippen molar-refractivity contribution in [2.45, 2.75) is 74.9 Å². The highest BCUT2D eigenvalue weighted by Gasteiger charge is 2.38. The molecule has 1 aliphatic carbocycles. The zero-order valence-corrected chi connectivity index (χ0v) is 16.7. The number of benzene rings is 1. The molecule has 3 rings (SSSR count). The molecule has 0 spiro atoms. The molecule has 1 amide bonds. The van der Waals surface area contributed by atoms with Crippen molar-refractivity contribution < 1.29 is 13.2 Å². The number of hydrogen-bond donors (Lipinski definition) is 2. The Morgan fingerprint density at radius 2 is 1.74 bits per heavy atom. The molecular weight excluding hydrogens is 362 g/mol. The molecule has 2 aliphatic rings. The van der Waals surface area contributed by atoms with Crippen LogP contribution in [0.1, 0.15) is 57.8 Å². The number of carbonyl (C=O) groups excluding carboxylic acids is 1. The SMILES string of the molecule is N[C@H](CC1CCCCC1)NC(=O)C1CCCCN1S(=O)(=O)c1ccccc1. The second-order valence-corrected chi connectivity index (χ2v) is 9.69. The van der Waals surface area contributed by atoms with Crippen molar-refractivity contribution in [3.63, 3.8) is 0 Å². The molecule has 6 nitrogen and oxygen atoms in total. The zero-order valence-electron chi connectivity index (χ0n) is 15.8. The van der Waals surface area contributed by atoms with Gasteiger partial charge >= 0.3 is 0 Å². The van der Waals surface area contributed by atoms with E-state index in [4.69, 9.17) is 5.73 Å². The standard InChI is InChI=1S/C20H31N3O3S/c21-19(15-16-9-3-1-4-10-16)22-20(24)18-13-7-8-14-23(18)27(25,26)17-11-5-2-6-12-17/h2,5-6,11-12,16,18-19H,1,3-4,7-10,13-15,21H2,(H,22,24)/t18?,19-/m0/s1. The predicted molar refractivity (Wildman–Crippen MR) is 105 cm³/mol. The zero-order chi connectivity index (χ0) is 19.3. The van der Waals surface area contributed by atoms with E-state index in [2.05, 4.69) is 5.32 Å². The molecule has 1 saturated carbocycles. The maximum atomic E-state index is 13.0. The van der Waals surface area contributed by atoms with Crippen LogP contribution >= 0.6 is 0 Å². The first kappa shape index (κ1) is 20.3. The number of piperidine rings is 1. The highest BCUT2D eigenvalue weighted by atomic mass is 32.2. The van der Waals surface area contributed by atoms with Gasteiger partial charge in [-0.1, -0.05) is 56.7 Å². The molecule has 0 radical (unpaired) electrons. The number of nitrogens with zero attached hydrogens (tertiary/aromatic N) is 1. The lowest BCUT2D eigenvalue weighted by Crippen LogP contribution is -2.55. The monoisotopic (exact) mass is 393 g/mol. The molecule has 1 unspecified atom stereocenters. The van der Waals surface area contributed by atoms with Crippen molar-refractivity contribution in [1.82, 2.24) is 9.62 Å². The Balaban J connectivity index is 1.66. The molecule has 150 valence electrons. The molecule has 0 bridgehead atoms. The maximum absolute atomic E-state index is 13.0. The first-order chi connectivity index (χ1) is 13.0. The minimum atomic E-state index is -3.69. The molecule has 3 N–H and O–H groups in total. The number of sulfonamides is 1. The van der Waals surface area contributed by atoms with Crippen LogP contribution in [-0.4, -0.2) is 37.4 Å². The van der Waals surface area contributed by atoms with Gasteiger partial charge in [-0.15, -0.1) is 0 Å².